The molecule has 0 aliphatic heterocycles. The summed E-state index contributed by atoms with van der Waals surface area (Å²) in [4.78, 5) is 10.6. The Hall–Kier alpha value is -0.370. The Morgan fingerprint density at radius 2 is 1.90 bits per heavy atom. The summed E-state index contributed by atoms with van der Waals surface area (Å²) in [5.41, 5.74) is 0. The van der Waals surface area contributed by atoms with E-state index in [1.165, 1.54) is 0 Å². The van der Waals surface area contributed by atoms with Crippen molar-refractivity contribution in [3.63, 3.8) is 0 Å². The smallest absolute Gasteiger partial charge is 0.158 e. The maximum Gasteiger partial charge on any atom is 0.158 e. The first kappa shape index (κ1) is 9.63. The molecule has 1 atom stereocenters. The van der Waals surface area contributed by atoms with Gasteiger partial charge in [0.2, 0.25) is 0 Å². The monoisotopic (exact) mass is 144 g/mol. The summed E-state index contributed by atoms with van der Waals surface area (Å²) in [5.74, 6) is 0.599. The summed E-state index contributed by atoms with van der Waals surface area (Å²) in [6.07, 6.45) is -0.234. The second-order valence-corrected chi connectivity index (χ2v) is 2.98. The van der Waals surface area contributed by atoms with Gasteiger partial charge in [-0.25, -0.2) is 0 Å². The highest BCUT2D eigenvalue weighted by atomic mass is 16.5. The Balaban J connectivity index is 3.40. The highest BCUT2D eigenvalue weighted by molar-refractivity contribution is 5.79. The van der Waals surface area contributed by atoms with Gasteiger partial charge in [-0.1, -0.05) is 13.8 Å². The molecule has 0 bridgehead atoms. The molecule has 0 saturated heterocycles. The SMILES string of the molecule is CC(=O)C(C)OCC(C)C. The zero-order chi connectivity index (χ0) is 8.15. The van der Waals surface area contributed by atoms with Gasteiger partial charge >= 0.3 is 0 Å². The molecule has 0 radical (unpaired) electrons. The molecule has 0 aromatic carbocycles. The third-order valence-electron chi connectivity index (χ3n) is 1.25. The molecule has 0 spiro atoms. The average molecular weight is 144 g/mol. The third kappa shape index (κ3) is 4.50. The predicted octanol–water partition coefficient (Wildman–Crippen LogP) is 1.64. The first-order valence-electron chi connectivity index (χ1n) is 3.66. The summed E-state index contributed by atoms with van der Waals surface area (Å²) < 4.78 is 5.22. The standard InChI is InChI=1S/C8H16O2/c1-6(2)5-10-8(4)7(3)9/h6,8H,5H2,1-4H3. The topological polar surface area (TPSA) is 26.3 Å². The van der Waals surface area contributed by atoms with Crippen molar-refractivity contribution >= 4 is 5.78 Å². The molecule has 0 aliphatic carbocycles. The normalized spacial score (nSPS) is 13.7. The summed E-state index contributed by atoms with van der Waals surface area (Å²) in [5, 5.41) is 0. The fourth-order valence-electron chi connectivity index (χ4n) is 0.454. The van der Waals surface area contributed by atoms with Crippen molar-refractivity contribution in [1.82, 2.24) is 0 Å². The van der Waals surface area contributed by atoms with E-state index in [0.29, 0.717) is 12.5 Å². The van der Waals surface area contributed by atoms with Crippen LogP contribution in [-0.2, 0) is 9.53 Å². The Kier molecular flexibility index (Phi) is 4.28. The molecule has 0 aromatic rings. The molecule has 0 amide bonds. The predicted molar refractivity (Wildman–Crippen MR) is 40.9 cm³/mol. The van der Waals surface area contributed by atoms with Crippen LogP contribution in [0.5, 0.6) is 0 Å². The lowest BCUT2D eigenvalue weighted by molar-refractivity contribution is -0.127. The Bertz CT molecular complexity index is 108. The van der Waals surface area contributed by atoms with Crippen molar-refractivity contribution in [3.05, 3.63) is 0 Å². The van der Waals surface area contributed by atoms with Crippen molar-refractivity contribution < 1.29 is 9.53 Å². The van der Waals surface area contributed by atoms with Gasteiger partial charge < -0.3 is 4.74 Å². The van der Waals surface area contributed by atoms with E-state index in [-0.39, 0.29) is 11.9 Å². The van der Waals surface area contributed by atoms with Gasteiger partial charge in [0, 0.05) is 6.61 Å². The molecular formula is C8H16O2. The second kappa shape index (κ2) is 4.45. The molecule has 0 N–H and O–H groups in total. The number of ether oxygens (including phenoxy) is 1. The molecule has 0 heterocycles. The first-order valence-corrected chi connectivity index (χ1v) is 3.66. The van der Waals surface area contributed by atoms with Crippen LogP contribution in [0.1, 0.15) is 27.7 Å². The van der Waals surface area contributed by atoms with Crippen LogP contribution in [0.15, 0.2) is 0 Å². The molecule has 0 saturated carbocycles. The molecule has 0 rings (SSSR count). The quantitative estimate of drug-likeness (QED) is 0.599. The minimum Gasteiger partial charge on any atom is -0.370 e. The Morgan fingerprint density at radius 1 is 1.40 bits per heavy atom. The summed E-state index contributed by atoms with van der Waals surface area (Å²) >= 11 is 0. The number of Topliss-reactive ketones (excluding diaryl/α,β-unsaturated/α-hetero) is 1. The van der Waals surface area contributed by atoms with Gasteiger partial charge in [0.15, 0.2) is 5.78 Å². The van der Waals surface area contributed by atoms with Gasteiger partial charge in [0.1, 0.15) is 6.10 Å². The minimum atomic E-state index is -0.234. The molecule has 0 aromatic heterocycles. The molecule has 60 valence electrons. The number of hydrogen-bond acceptors (Lipinski definition) is 2. The lowest BCUT2D eigenvalue weighted by Crippen LogP contribution is -2.19. The van der Waals surface area contributed by atoms with Gasteiger partial charge in [0.05, 0.1) is 0 Å². The zero-order valence-corrected chi connectivity index (χ0v) is 7.18. The van der Waals surface area contributed by atoms with E-state index in [0.717, 1.165) is 0 Å². The van der Waals surface area contributed by atoms with Crippen LogP contribution in [-0.4, -0.2) is 18.5 Å². The molecule has 2 heteroatoms. The largest absolute Gasteiger partial charge is 0.370 e. The average Bonchev–Trinajstić information content (AvgIpc) is 1.82. The van der Waals surface area contributed by atoms with Crippen molar-refractivity contribution in [2.24, 2.45) is 5.92 Å². The molecule has 0 fully saturated rings. The lowest BCUT2D eigenvalue weighted by Gasteiger charge is -2.10. The maximum absolute atomic E-state index is 10.6. The summed E-state index contributed by atoms with van der Waals surface area (Å²) in [7, 11) is 0. The summed E-state index contributed by atoms with van der Waals surface area (Å²) in [6, 6.07) is 0. The summed E-state index contributed by atoms with van der Waals surface area (Å²) in [6.45, 7) is 8.12. The first-order chi connectivity index (χ1) is 4.54. The fraction of sp³-hybridized carbons (Fsp3) is 0.875. The van der Waals surface area contributed by atoms with E-state index in [1.54, 1.807) is 13.8 Å². The Morgan fingerprint density at radius 3 is 2.20 bits per heavy atom. The van der Waals surface area contributed by atoms with E-state index < -0.39 is 0 Å². The molecule has 10 heavy (non-hydrogen) atoms. The van der Waals surface area contributed by atoms with Crippen LogP contribution in [0, 0.1) is 5.92 Å². The van der Waals surface area contributed by atoms with E-state index in [2.05, 4.69) is 13.8 Å². The number of hydrogen-bond donors (Lipinski definition) is 0. The van der Waals surface area contributed by atoms with E-state index >= 15 is 0 Å². The second-order valence-electron chi connectivity index (χ2n) is 2.98. The van der Waals surface area contributed by atoms with Crippen LogP contribution in [0.2, 0.25) is 0 Å². The molecular weight excluding hydrogens is 128 g/mol. The van der Waals surface area contributed by atoms with E-state index in [4.69, 9.17) is 4.74 Å². The maximum atomic E-state index is 10.6. The van der Waals surface area contributed by atoms with Gasteiger partial charge in [-0.2, -0.15) is 0 Å². The van der Waals surface area contributed by atoms with Crippen LogP contribution in [0.25, 0.3) is 0 Å². The fourth-order valence-corrected chi connectivity index (χ4v) is 0.454. The zero-order valence-electron chi connectivity index (χ0n) is 7.18. The highest BCUT2D eigenvalue weighted by Gasteiger charge is 2.07. The highest BCUT2D eigenvalue weighted by Crippen LogP contribution is 1.97. The van der Waals surface area contributed by atoms with Crippen molar-refractivity contribution in [2.75, 3.05) is 6.61 Å². The van der Waals surface area contributed by atoms with Gasteiger partial charge in [-0.15, -0.1) is 0 Å². The number of carbonyl (C=O) groups excluding carboxylic acids is 1. The van der Waals surface area contributed by atoms with Crippen molar-refractivity contribution in [1.29, 1.82) is 0 Å². The van der Waals surface area contributed by atoms with E-state index in [1.807, 2.05) is 0 Å². The minimum absolute atomic E-state index is 0.0978. The Labute approximate surface area is 62.6 Å². The van der Waals surface area contributed by atoms with Crippen LogP contribution in [0.3, 0.4) is 0 Å². The number of rotatable bonds is 4. The molecule has 2 nitrogen and oxygen atoms in total. The van der Waals surface area contributed by atoms with E-state index in [9.17, 15) is 4.79 Å². The van der Waals surface area contributed by atoms with Crippen molar-refractivity contribution in [3.8, 4) is 0 Å². The van der Waals surface area contributed by atoms with Gasteiger partial charge in [-0.3, -0.25) is 4.79 Å². The van der Waals surface area contributed by atoms with Crippen LogP contribution < -0.4 is 0 Å². The van der Waals surface area contributed by atoms with Gasteiger partial charge in [0.25, 0.3) is 0 Å². The van der Waals surface area contributed by atoms with Gasteiger partial charge in [-0.05, 0) is 19.8 Å². The number of carbonyl (C=O) groups is 1. The third-order valence-corrected chi connectivity index (χ3v) is 1.25. The van der Waals surface area contributed by atoms with Crippen LogP contribution in [0.4, 0.5) is 0 Å². The van der Waals surface area contributed by atoms with Crippen molar-refractivity contribution in [2.45, 2.75) is 33.8 Å². The molecule has 1 unspecified atom stereocenters. The number of ketones is 1. The lowest BCUT2D eigenvalue weighted by atomic mass is 10.2. The van der Waals surface area contributed by atoms with Crippen LogP contribution >= 0.6 is 0 Å². The molecule has 0 aliphatic rings.